The van der Waals surface area contributed by atoms with Crippen molar-refractivity contribution in [3.63, 3.8) is 0 Å². The molecule has 3 nitrogen and oxygen atoms in total. The van der Waals surface area contributed by atoms with Gasteiger partial charge in [-0.3, -0.25) is 0 Å². The third kappa shape index (κ3) is 1.86. The molecule has 16 heavy (non-hydrogen) atoms. The summed E-state index contributed by atoms with van der Waals surface area (Å²) in [4.78, 5) is 1.76. The van der Waals surface area contributed by atoms with Crippen LogP contribution in [0.25, 0.3) is 0 Å². The van der Waals surface area contributed by atoms with Gasteiger partial charge < -0.3 is 9.64 Å². The molecule has 0 spiro atoms. The number of hydrogen-bond donors (Lipinski definition) is 0. The standard InChI is InChI=1S/C12H13FN2O/c1-15(7-12(6-14)8-16-9-12)11-5-3-2-4-10(11)13/h2-5H,7-9H2,1H3. The Labute approximate surface area is 94.0 Å². The molecule has 1 aromatic carbocycles. The van der Waals surface area contributed by atoms with Gasteiger partial charge in [0, 0.05) is 13.6 Å². The van der Waals surface area contributed by atoms with Crippen molar-refractivity contribution in [3.8, 4) is 6.07 Å². The molecule has 0 unspecified atom stereocenters. The molecule has 4 heteroatoms. The number of anilines is 1. The van der Waals surface area contributed by atoms with Gasteiger partial charge in [0.05, 0.1) is 25.0 Å². The summed E-state index contributed by atoms with van der Waals surface area (Å²) in [6, 6.07) is 8.81. The Bertz CT molecular complexity index is 423. The van der Waals surface area contributed by atoms with Gasteiger partial charge in [-0.2, -0.15) is 5.26 Å². The van der Waals surface area contributed by atoms with Crippen molar-refractivity contribution in [1.82, 2.24) is 0 Å². The zero-order chi connectivity index (χ0) is 11.6. The molecule has 1 aromatic rings. The highest BCUT2D eigenvalue weighted by Gasteiger charge is 2.40. The number of nitriles is 1. The number of benzene rings is 1. The first-order valence-electron chi connectivity index (χ1n) is 5.11. The number of para-hydroxylation sites is 1. The molecule has 1 saturated heterocycles. The minimum atomic E-state index is -0.475. The van der Waals surface area contributed by atoms with Gasteiger partial charge >= 0.3 is 0 Å². The maximum atomic E-state index is 13.5. The average molecular weight is 220 g/mol. The summed E-state index contributed by atoms with van der Waals surface area (Å²) in [6.07, 6.45) is 0. The molecule has 0 bridgehead atoms. The van der Waals surface area contributed by atoms with Gasteiger partial charge in [-0.15, -0.1) is 0 Å². The van der Waals surface area contributed by atoms with E-state index in [1.54, 1.807) is 30.1 Å². The lowest BCUT2D eigenvalue weighted by Gasteiger charge is -2.38. The van der Waals surface area contributed by atoms with Gasteiger partial charge in [-0.25, -0.2) is 4.39 Å². The fraction of sp³-hybridized carbons (Fsp3) is 0.417. The fourth-order valence-corrected chi connectivity index (χ4v) is 1.84. The molecule has 0 atom stereocenters. The predicted octanol–water partition coefficient (Wildman–Crippen LogP) is 1.80. The van der Waals surface area contributed by atoms with Crippen molar-refractivity contribution < 1.29 is 9.13 Å². The van der Waals surface area contributed by atoms with E-state index in [1.165, 1.54) is 6.07 Å². The first-order valence-corrected chi connectivity index (χ1v) is 5.11. The Kier molecular flexibility index (Phi) is 2.80. The summed E-state index contributed by atoms with van der Waals surface area (Å²) in [5, 5.41) is 9.05. The quantitative estimate of drug-likeness (QED) is 0.779. The number of halogens is 1. The number of rotatable bonds is 3. The minimum Gasteiger partial charge on any atom is -0.378 e. The summed E-state index contributed by atoms with van der Waals surface area (Å²) in [5.74, 6) is -0.265. The highest BCUT2D eigenvalue weighted by molar-refractivity contribution is 5.47. The third-order valence-corrected chi connectivity index (χ3v) is 2.80. The van der Waals surface area contributed by atoms with Crippen molar-refractivity contribution in [2.45, 2.75) is 0 Å². The van der Waals surface area contributed by atoms with Crippen molar-refractivity contribution in [3.05, 3.63) is 30.1 Å². The molecule has 0 saturated carbocycles. The molecule has 1 aliphatic rings. The molecule has 84 valence electrons. The van der Waals surface area contributed by atoms with Gasteiger partial charge in [-0.1, -0.05) is 12.1 Å². The van der Waals surface area contributed by atoms with Crippen LogP contribution in [-0.4, -0.2) is 26.8 Å². The molecule has 0 aliphatic carbocycles. The van der Waals surface area contributed by atoms with Gasteiger partial charge in [0.1, 0.15) is 11.2 Å². The van der Waals surface area contributed by atoms with Crippen LogP contribution in [0.1, 0.15) is 0 Å². The van der Waals surface area contributed by atoms with Gasteiger partial charge in [-0.05, 0) is 12.1 Å². The summed E-state index contributed by atoms with van der Waals surface area (Å²) in [5.41, 5.74) is 0.0424. The lowest BCUT2D eigenvalue weighted by Crippen LogP contribution is -2.49. The van der Waals surface area contributed by atoms with Crippen LogP contribution in [0.2, 0.25) is 0 Å². The second-order valence-electron chi connectivity index (χ2n) is 4.19. The van der Waals surface area contributed by atoms with Crippen molar-refractivity contribution in [2.75, 3.05) is 31.7 Å². The van der Waals surface area contributed by atoms with E-state index in [1.807, 2.05) is 0 Å². The Morgan fingerprint density at radius 1 is 1.50 bits per heavy atom. The summed E-state index contributed by atoms with van der Waals surface area (Å²) in [6.45, 7) is 1.36. The molecule has 1 fully saturated rings. The highest BCUT2D eigenvalue weighted by Crippen LogP contribution is 2.29. The minimum absolute atomic E-state index is 0.265. The van der Waals surface area contributed by atoms with Crippen LogP contribution in [0.5, 0.6) is 0 Å². The molecular weight excluding hydrogens is 207 g/mol. The van der Waals surface area contributed by atoms with E-state index >= 15 is 0 Å². The molecular formula is C12H13FN2O. The Hall–Kier alpha value is -1.60. The second kappa shape index (κ2) is 4.11. The van der Waals surface area contributed by atoms with E-state index in [0.717, 1.165) is 0 Å². The summed E-state index contributed by atoms with van der Waals surface area (Å²) in [7, 11) is 1.79. The SMILES string of the molecule is CN(CC1(C#N)COC1)c1ccccc1F. The van der Waals surface area contributed by atoms with E-state index in [2.05, 4.69) is 6.07 Å². The first kappa shape index (κ1) is 10.9. The summed E-state index contributed by atoms with van der Waals surface area (Å²) >= 11 is 0. The monoisotopic (exact) mass is 220 g/mol. The van der Waals surface area contributed by atoms with Crippen LogP contribution >= 0.6 is 0 Å². The van der Waals surface area contributed by atoms with Crippen LogP contribution in [-0.2, 0) is 4.74 Å². The molecule has 0 aromatic heterocycles. The molecule has 1 heterocycles. The summed E-state index contributed by atoms with van der Waals surface area (Å²) < 4.78 is 18.5. The van der Waals surface area contributed by atoms with Crippen LogP contribution < -0.4 is 4.90 Å². The Morgan fingerprint density at radius 3 is 2.69 bits per heavy atom. The smallest absolute Gasteiger partial charge is 0.146 e. The number of hydrogen-bond acceptors (Lipinski definition) is 3. The lowest BCUT2D eigenvalue weighted by atomic mass is 9.87. The van der Waals surface area contributed by atoms with Gasteiger partial charge in [0.25, 0.3) is 0 Å². The highest BCUT2D eigenvalue weighted by atomic mass is 19.1. The normalized spacial score (nSPS) is 17.3. The van der Waals surface area contributed by atoms with E-state index in [-0.39, 0.29) is 5.82 Å². The average Bonchev–Trinajstić information content (AvgIpc) is 2.24. The van der Waals surface area contributed by atoms with Crippen molar-refractivity contribution in [1.29, 1.82) is 5.26 Å². The fourth-order valence-electron chi connectivity index (χ4n) is 1.84. The van der Waals surface area contributed by atoms with Gasteiger partial charge in [0.15, 0.2) is 0 Å². The zero-order valence-electron chi connectivity index (χ0n) is 9.11. The second-order valence-corrected chi connectivity index (χ2v) is 4.19. The molecule has 0 amide bonds. The van der Waals surface area contributed by atoms with E-state index in [9.17, 15) is 4.39 Å². The maximum Gasteiger partial charge on any atom is 0.146 e. The van der Waals surface area contributed by atoms with E-state index < -0.39 is 5.41 Å². The zero-order valence-corrected chi connectivity index (χ0v) is 9.11. The van der Waals surface area contributed by atoms with Crippen molar-refractivity contribution >= 4 is 5.69 Å². The van der Waals surface area contributed by atoms with Crippen LogP contribution in [0.15, 0.2) is 24.3 Å². The topological polar surface area (TPSA) is 36.3 Å². The molecule has 0 radical (unpaired) electrons. The Morgan fingerprint density at radius 2 is 2.19 bits per heavy atom. The largest absolute Gasteiger partial charge is 0.378 e. The maximum absolute atomic E-state index is 13.5. The lowest BCUT2D eigenvalue weighted by molar-refractivity contribution is -0.0717. The molecule has 1 aliphatic heterocycles. The van der Waals surface area contributed by atoms with Crippen molar-refractivity contribution in [2.24, 2.45) is 5.41 Å². The number of ether oxygens (including phenoxy) is 1. The van der Waals surface area contributed by atoms with Gasteiger partial charge in [0.2, 0.25) is 0 Å². The third-order valence-electron chi connectivity index (χ3n) is 2.80. The number of nitrogens with zero attached hydrogens (tertiary/aromatic N) is 2. The van der Waals surface area contributed by atoms with E-state index in [4.69, 9.17) is 10.00 Å². The Balaban J connectivity index is 2.12. The van der Waals surface area contributed by atoms with E-state index in [0.29, 0.717) is 25.4 Å². The first-order chi connectivity index (χ1) is 7.67. The van der Waals surface area contributed by atoms with Crippen LogP contribution in [0.3, 0.4) is 0 Å². The van der Waals surface area contributed by atoms with Crippen LogP contribution in [0, 0.1) is 22.6 Å². The predicted molar refractivity (Wildman–Crippen MR) is 58.5 cm³/mol. The van der Waals surface area contributed by atoms with Crippen LogP contribution in [0.4, 0.5) is 10.1 Å². The molecule has 2 rings (SSSR count). The molecule has 0 N–H and O–H groups in total.